The van der Waals surface area contributed by atoms with Crippen molar-refractivity contribution in [2.45, 2.75) is 12.7 Å². The zero-order valence-corrected chi connectivity index (χ0v) is 8.46. The molecule has 0 aliphatic rings. The van der Waals surface area contributed by atoms with Crippen molar-refractivity contribution in [3.63, 3.8) is 0 Å². The summed E-state index contributed by atoms with van der Waals surface area (Å²) in [6.07, 6.45) is 1.66. The second kappa shape index (κ2) is 4.39. The number of nitrogens with one attached hydrogen (secondary N) is 1. The van der Waals surface area contributed by atoms with Crippen molar-refractivity contribution >= 4 is 42.2 Å². The molecule has 4 heteroatoms. The maximum atomic E-state index is 4.78. The molecule has 1 radical (unpaired) electrons. The molecule has 0 amide bonds. The first-order chi connectivity index (χ1) is 3.84. The number of rotatable bonds is 1. The van der Waals surface area contributed by atoms with Gasteiger partial charge >= 0.3 is 0 Å². The fraction of sp³-hybridized carbons (Fsp3) is 0.400. The maximum absolute atomic E-state index is 4.78. The van der Waals surface area contributed by atoms with Gasteiger partial charge < -0.3 is 17.6 Å². The average Bonchev–Trinajstić information content (AvgIpc) is 2.14. The van der Waals surface area contributed by atoms with Crippen LogP contribution < -0.4 is 0 Å². The Morgan fingerprint density at radius 2 is 2.44 bits per heavy atom. The third kappa shape index (κ3) is 2.34. The summed E-state index contributed by atoms with van der Waals surface area (Å²) in [5.74, 6) is 0.606. The molecule has 1 heterocycles. The Kier molecular flexibility index (Phi) is 4.66. The molecule has 0 fully saturated rings. The van der Waals surface area contributed by atoms with Gasteiger partial charge in [-0.15, -0.1) is 5.75 Å². The van der Waals surface area contributed by atoms with Gasteiger partial charge in [-0.2, -0.15) is 0 Å². The Labute approximate surface area is 82.2 Å². The third-order valence-corrected chi connectivity index (χ3v) is 1.34. The van der Waals surface area contributed by atoms with Crippen molar-refractivity contribution in [2.24, 2.45) is 0 Å². The predicted octanol–water partition coefficient (Wildman–Crippen LogP) is 0.384. The minimum Gasteiger partial charge on any atom is -0.786 e. The van der Waals surface area contributed by atoms with Crippen LogP contribution in [0, 0.1) is 6.92 Å². The van der Waals surface area contributed by atoms with Crippen LogP contribution in [0.25, 0.3) is 0 Å². The van der Waals surface area contributed by atoms with Crippen molar-refractivity contribution in [3.05, 3.63) is 17.7 Å². The second-order valence-electron chi connectivity index (χ2n) is 1.62. The molecule has 45 valence electrons. The number of H-pyrrole nitrogens is 1. The molecule has 0 unspecified atom stereocenters. The Hall–Kier alpha value is 0.560. The molecule has 1 aromatic heterocycles. The van der Waals surface area contributed by atoms with E-state index in [1.54, 1.807) is 6.33 Å². The number of imidazole rings is 1. The number of hydrogen-bond donors (Lipinski definition) is 1. The molecule has 1 rings (SSSR count). The SMILES string of the molecule is Cc1[nH]cnc1C[S-].[Na]. The minimum absolute atomic E-state index is 0. The number of nitrogens with zero attached hydrogens (tertiary/aromatic N) is 1. The van der Waals surface area contributed by atoms with Crippen LogP contribution in [0.1, 0.15) is 11.4 Å². The van der Waals surface area contributed by atoms with Crippen LogP contribution in [0.5, 0.6) is 0 Å². The Morgan fingerprint density at radius 3 is 2.67 bits per heavy atom. The number of hydrogen-bond acceptors (Lipinski definition) is 2. The van der Waals surface area contributed by atoms with E-state index in [2.05, 4.69) is 9.97 Å². The van der Waals surface area contributed by atoms with Crippen LogP contribution in [0.15, 0.2) is 6.33 Å². The van der Waals surface area contributed by atoms with E-state index in [4.69, 9.17) is 12.6 Å². The normalized spacial score (nSPS) is 8.67. The molecule has 9 heavy (non-hydrogen) atoms. The summed E-state index contributed by atoms with van der Waals surface area (Å²) < 4.78 is 0. The monoisotopic (exact) mass is 150 g/mol. The zero-order chi connectivity index (χ0) is 5.98. The van der Waals surface area contributed by atoms with Gasteiger partial charge in [0.2, 0.25) is 0 Å². The van der Waals surface area contributed by atoms with Crippen molar-refractivity contribution in [3.8, 4) is 0 Å². The van der Waals surface area contributed by atoms with Gasteiger partial charge in [0.1, 0.15) is 0 Å². The first-order valence-electron chi connectivity index (χ1n) is 2.41. The predicted molar refractivity (Wildman–Crippen MR) is 40.1 cm³/mol. The molecule has 0 aromatic carbocycles. The first kappa shape index (κ1) is 9.56. The van der Waals surface area contributed by atoms with Crippen molar-refractivity contribution in [1.29, 1.82) is 0 Å². The Bertz CT molecular complexity index is 175. The van der Waals surface area contributed by atoms with Crippen molar-refractivity contribution < 1.29 is 0 Å². The summed E-state index contributed by atoms with van der Waals surface area (Å²) in [5.41, 5.74) is 2.07. The van der Waals surface area contributed by atoms with E-state index in [-0.39, 0.29) is 29.6 Å². The third-order valence-electron chi connectivity index (χ3n) is 1.07. The smallest absolute Gasteiger partial charge is 0.0924 e. The average molecular weight is 150 g/mol. The summed E-state index contributed by atoms with van der Waals surface area (Å²) in [4.78, 5) is 6.92. The molecular weight excluding hydrogens is 143 g/mol. The number of aromatic amines is 1. The van der Waals surface area contributed by atoms with E-state index in [1.807, 2.05) is 6.92 Å². The summed E-state index contributed by atoms with van der Waals surface area (Å²) in [5, 5.41) is 0. The fourth-order valence-electron chi connectivity index (χ4n) is 0.533. The summed E-state index contributed by atoms with van der Waals surface area (Å²) in [6.45, 7) is 1.97. The number of aromatic nitrogens is 2. The van der Waals surface area contributed by atoms with E-state index in [1.165, 1.54) is 0 Å². The quantitative estimate of drug-likeness (QED) is 0.463. The molecule has 0 bridgehead atoms. The van der Waals surface area contributed by atoms with Crippen LogP contribution in [0.4, 0.5) is 0 Å². The summed E-state index contributed by atoms with van der Waals surface area (Å²) >= 11 is 4.78. The zero-order valence-electron chi connectivity index (χ0n) is 5.64. The molecule has 0 spiro atoms. The Balaban J connectivity index is 0.000000640. The second-order valence-corrected chi connectivity index (χ2v) is 1.91. The number of aryl methyl sites for hydroxylation is 1. The topological polar surface area (TPSA) is 28.7 Å². The molecule has 0 saturated carbocycles. The van der Waals surface area contributed by atoms with E-state index >= 15 is 0 Å². The van der Waals surface area contributed by atoms with Gasteiger partial charge in [-0.3, -0.25) is 0 Å². The molecule has 0 atom stereocenters. The van der Waals surface area contributed by atoms with E-state index in [0.717, 1.165) is 11.4 Å². The Morgan fingerprint density at radius 1 is 1.78 bits per heavy atom. The maximum Gasteiger partial charge on any atom is 0.0924 e. The van der Waals surface area contributed by atoms with Gasteiger partial charge in [0.05, 0.1) is 6.33 Å². The van der Waals surface area contributed by atoms with Crippen LogP contribution in [-0.2, 0) is 18.4 Å². The van der Waals surface area contributed by atoms with Crippen LogP contribution in [0.2, 0.25) is 0 Å². The van der Waals surface area contributed by atoms with E-state index in [0.29, 0.717) is 5.75 Å². The van der Waals surface area contributed by atoms with Crippen LogP contribution in [-0.4, -0.2) is 39.5 Å². The molecule has 1 aromatic rings. The van der Waals surface area contributed by atoms with Gasteiger partial charge in [0.15, 0.2) is 0 Å². The fourth-order valence-corrected chi connectivity index (χ4v) is 0.824. The summed E-state index contributed by atoms with van der Waals surface area (Å²) in [7, 11) is 0. The van der Waals surface area contributed by atoms with E-state index in [9.17, 15) is 0 Å². The van der Waals surface area contributed by atoms with Crippen molar-refractivity contribution in [1.82, 2.24) is 9.97 Å². The van der Waals surface area contributed by atoms with Gasteiger partial charge in [0, 0.05) is 40.9 Å². The molecule has 0 aliphatic carbocycles. The minimum atomic E-state index is 0. The summed E-state index contributed by atoms with van der Waals surface area (Å²) in [6, 6.07) is 0. The standard InChI is InChI=1S/C5H8N2S.Na/c1-4-5(2-8)7-3-6-4;/h3,8H,2H2,1H3,(H,6,7);/p-1. The molecular formula is C5H7N2NaS-. The molecule has 0 aliphatic heterocycles. The molecule has 1 N–H and O–H groups in total. The van der Waals surface area contributed by atoms with Crippen LogP contribution >= 0.6 is 0 Å². The van der Waals surface area contributed by atoms with Gasteiger partial charge in [-0.05, 0) is 6.92 Å². The molecule has 2 nitrogen and oxygen atoms in total. The van der Waals surface area contributed by atoms with Gasteiger partial charge in [0.25, 0.3) is 0 Å². The van der Waals surface area contributed by atoms with Crippen LogP contribution in [0.3, 0.4) is 0 Å². The van der Waals surface area contributed by atoms with Gasteiger partial charge in [-0.1, -0.05) is 0 Å². The molecule has 0 saturated heterocycles. The van der Waals surface area contributed by atoms with Crippen molar-refractivity contribution in [2.75, 3.05) is 0 Å². The first-order valence-corrected chi connectivity index (χ1v) is 2.99. The largest absolute Gasteiger partial charge is 0.786 e. The van der Waals surface area contributed by atoms with E-state index < -0.39 is 0 Å². The van der Waals surface area contributed by atoms with Gasteiger partial charge in [-0.25, -0.2) is 4.98 Å².